The quantitative estimate of drug-likeness (QED) is 0.826. The standard InChI is InChI=1S/C17H24N2/c1-13-8-10-15(11-9-13)14(2)19-17-7-5-3-4-6-16(17)12-18/h8-11,14,16-17,19H,3-7H2,1-2H3. The number of hydrogen-bond acceptors (Lipinski definition) is 2. The van der Waals surface area contributed by atoms with Gasteiger partial charge in [0.1, 0.15) is 0 Å². The highest BCUT2D eigenvalue weighted by molar-refractivity contribution is 5.23. The van der Waals surface area contributed by atoms with Crippen LogP contribution in [0.15, 0.2) is 24.3 Å². The molecule has 1 saturated carbocycles. The van der Waals surface area contributed by atoms with Crippen LogP contribution in [0.2, 0.25) is 0 Å². The summed E-state index contributed by atoms with van der Waals surface area (Å²) >= 11 is 0. The lowest BCUT2D eigenvalue weighted by Gasteiger charge is -2.25. The first kappa shape index (κ1) is 14.1. The van der Waals surface area contributed by atoms with E-state index in [0.29, 0.717) is 12.1 Å². The van der Waals surface area contributed by atoms with E-state index in [1.165, 1.54) is 30.4 Å². The number of nitriles is 1. The highest BCUT2D eigenvalue weighted by Gasteiger charge is 2.24. The molecule has 3 atom stereocenters. The van der Waals surface area contributed by atoms with Gasteiger partial charge in [0.15, 0.2) is 0 Å². The van der Waals surface area contributed by atoms with Crippen molar-refractivity contribution in [1.82, 2.24) is 5.32 Å². The largest absolute Gasteiger partial charge is 0.306 e. The molecule has 1 aliphatic rings. The van der Waals surface area contributed by atoms with Crippen molar-refractivity contribution in [3.8, 4) is 6.07 Å². The highest BCUT2D eigenvalue weighted by Crippen LogP contribution is 2.25. The molecule has 3 unspecified atom stereocenters. The van der Waals surface area contributed by atoms with Gasteiger partial charge in [0.2, 0.25) is 0 Å². The summed E-state index contributed by atoms with van der Waals surface area (Å²) in [6, 6.07) is 11.8. The second-order valence-electron chi connectivity index (χ2n) is 5.78. The van der Waals surface area contributed by atoms with E-state index in [9.17, 15) is 5.26 Å². The van der Waals surface area contributed by atoms with Crippen molar-refractivity contribution < 1.29 is 0 Å². The van der Waals surface area contributed by atoms with Crippen LogP contribution in [0.5, 0.6) is 0 Å². The lowest BCUT2D eigenvalue weighted by atomic mass is 9.94. The molecule has 0 saturated heterocycles. The minimum absolute atomic E-state index is 0.176. The summed E-state index contributed by atoms with van der Waals surface area (Å²) in [5.41, 5.74) is 2.60. The summed E-state index contributed by atoms with van der Waals surface area (Å²) in [5.74, 6) is 0.176. The number of aryl methyl sites for hydroxylation is 1. The van der Waals surface area contributed by atoms with Crippen LogP contribution in [0.1, 0.15) is 56.2 Å². The van der Waals surface area contributed by atoms with E-state index in [0.717, 1.165) is 12.8 Å². The van der Waals surface area contributed by atoms with Crippen LogP contribution in [0.3, 0.4) is 0 Å². The van der Waals surface area contributed by atoms with Gasteiger partial charge in [0.05, 0.1) is 12.0 Å². The Kier molecular flexibility index (Phi) is 4.99. The van der Waals surface area contributed by atoms with Crippen molar-refractivity contribution >= 4 is 0 Å². The van der Waals surface area contributed by atoms with Gasteiger partial charge in [-0.2, -0.15) is 5.26 Å². The monoisotopic (exact) mass is 256 g/mol. The Balaban J connectivity index is 2.02. The fraction of sp³-hybridized carbons (Fsp3) is 0.588. The van der Waals surface area contributed by atoms with Crippen LogP contribution in [-0.2, 0) is 0 Å². The maximum Gasteiger partial charge on any atom is 0.0672 e. The maximum atomic E-state index is 9.32. The van der Waals surface area contributed by atoms with Gasteiger partial charge in [0.25, 0.3) is 0 Å². The molecule has 1 N–H and O–H groups in total. The van der Waals surface area contributed by atoms with Gasteiger partial charge in [-0.1, -0.05) is 49.1 Å². The van der Waals surface area contributed by atoms with Crippen LogP contribution in [-0.4, -0.2) is 6.04 Å². The molecule has 0 aromatic heterocycles. The molecule has 0 radical (unpaired) electrons. The second kappa shape index (κ2) is 6.73. The first-order valence-corrected chi connectivity index (χ1v) is 7.43. The molecule has 1 aliphatic carbocycles. The van der Waals surface area contributed by atoms with E-state index in [2.05, 4.69) is 49.5 Å². The summed E-state index contributed by atoms with van der Waals surface area (Å²) in [6.45, 7) is 4.31. The first-order valence-electron chi connectivity index (χ1n) is 7.43. The third-order valence-corrected chi connectivity index (χ3v) is 4.22. The molecule has 0 heterocycles. The Labute approximate surface area is 116 Å². The summed E-state index contributed by atoms with van der Waals surface area (Å²) in [5, 5.41) is 13.0. The molecule has 1 aromatic carbocycles. The average Bonchev–Trinajstić information content (AvgIpc) is 2.64. The maximum absolute atomic E-state index is 9.32. The number of nitrogens with zero attached hydrogens (tertiary/aromatic N) is 1. The Morgan fingerprint density at radius 2 is 1.84 bits per heavy atom. The molecular weight excluding hydrogens is 232 g/mol. The minimum atomic E-state index is 0.176. The van der Waals surface area contributed by atoms with Crippen LogP contribution >= 0.6 is 0 Å². The van der Waals surface area contributed by atoms with Crippen LogP contribution in [0.4, 0.5) is 0 Å². The zero-order chi connectivity index (χ0) is 13.7. The molecule has 1 fully saturated rings. The lowest BCUT2D eigenvalue weighted by Crippen LogP contribution is -2.36. The van der Waals surface area contributed by atoms with Crippen molar-refractivity contribution in [1.29, 1.82) is 5.26 Å². The molecule has 0 spiro atoms. The van der Waals surface area contributed by atoms with E-state index in [4.69, 9.17) is 0 Å². The zero-order valence-electron chi connectivity index (χ0n) is 12.0. The Morgan fingerprint density at radius 1 is 1.16 bits per heavy atom. The van der Waals surface area contributed by atoms with E-state index >= 15 is 0 Å². The van der Waals surface area contributed by atoms with Crippen molar-refractivity contribution in [3.63, 3.8) is 0 Å². The fourth-order valence-corrected chi connectivity index (χ4v) is 2.93. The van der Waals surface area contributed by atoms with Crippen molar-refractivity contribution in [3.05, 3.63) is 35.4 Å². The van der Waals surface area contributed by atoms with Gasteiger partial charge >= 0.3 is 0 Å². The van der Waals surface area contributed by atoms with Crippen LogP contribution < -0.4 is 5.32 Å². The fourth-order valence-electron chi connectivity index (χ4n) is 2.93. The normalized spacial score (nSPS) is 25.3. The van der Waals surface area contributed by atoms with Crippen LogP contribution in [0, 0.1) is 24.2 Å². The van der Waals surface area contributed by atoms with Gasteiger partial charge in [-0.25, -0.2) is 0 Å². The molecule has 0 amide bonds. The lowest BCUT2D eigenvalue weighted by molar-refractivity contribution is 0.361. The second-order valence-corrected chi connectivity index (χ2v) is 5.78. The van der Waals surface area contributed by atoms with Gasteiger partial charge in [-0.05, 0) is 32.3 Å². The summed E-state index contributed by atoms with van der Waals surface area (Å²) in [7, 11) is 0. The first-order chi connectivity index (χ1) is 9.20. The van der Waals surface area contributed by atoms with E-state index in [-0.39, 0.29) is 5.92 Å². The predicted octanol–water partition coefficient (Wildman–Crippen LogP) is 4.12. The number of benzene rings is 1. The average molecular weight is 256 g/mol. The van der Waals surface area contributed by atoms with Gasteiger partial charge in [-0.15, -0.1) is 0 Å². The van der Waals surface area contributed by atoms with E-state index in [1.807, 2.05) is 0 Å². The topological polar surface area (TPSA) is 35.8 Å². The minimum Gasteiger partial charge on any atom is -0.306 e. The van der Waals surface area contributed by atoms with E-state index < -0.39 is 0 Å². The Hall–Kier alpha value is -1.33. The third-order valence-electron chi connectivity index (χ3n) is 4.22. The van der Waals surface area contributed by atoms with Crippen molar-refractivity contribution in [2.24, 2.45) is 5.92 Å². The molecule has 19 heavy (non-hydrogen) atoms. The predicted molar refractivity (Wildman–Crippen MR) is 78.7 cm³/mol. The number of hydrogen-bond donors (Lipinski definition) is 1. The molecule has 2 nitrogen and oxygen atoms in total. The molecule has 0 bridgehead atoms. The van der Waals surface area contributed by atoms with Crippen molar-refractivity contribution in [2.45, 2.75) is 58.0 Å². The summed E-state index contributed by atoms with van der Waals surface area (Å²) in [4.78, 5) is 0. The van der Waals surface area contributed by atoms with Crippen LogP contribution in [0.25, 0.3) is 0 Å². The molecule has 0 aliphatic heterocycles. The smallest absolute Gasteiger partial charge is 0.0672 e. The number of rotatable bonds is 3. The number of nitrogens with one attached hydrogen (secondary N) is 1. The van der Waals surface area contributed by atoms with Crippen molar-refractivity contribution in [2.75, 3.05) is 0 Å². The molecule has 2 heteroatoms. The SMILES string of the molecule is Cc1ccc(C(C)NC2CCCCCC2C#N)cc1. The molecule has 2 rings (SSSR count). The summed E-state index contributed by atoms with van der Waals surface area (Å²) < 4.78 is 0. The van der Waals surface area contributed by atoms with Gasteiger partial charge in [-0.3, -0.25) is 0 Å². The summed E-state index contributed by atoms with van der Waals surface area (Å²) in [6.07, 6.45) is 5.91. The van der Waals surface area contributed by atoms with E-state index in [1.54, 1.807) is 0 Å². The Morgan fingerprint density at radius 3 is 2.53 bits per heavy atom. The molecule has 1 aromatic rings. The third kappa shape index (κ3) is 3.81. The van der Waals surface area contributed by atoms with Gasteiger partial charge < -0.3 is 5.32 Å². The molecule has 102 valence electrons. The Bertz CT molecular complexity index is 430. The highest BCUT2D eigenvalue weighted by atomic mass is 15.0. The molecular formula is C17H24N2. The van der Waals surface area contributed by atoms with Gasteiger partial charge in [0, 0.05) is 12.1 Å². The zero-order valence-corrected chi connectivity index (χ0v) is 12.0.